The van der Waals surface area contributed by atoms with Crippen LogP contribution in [0.15, 0.2) is 40.9 Å². The van der Waals surface area contributed by atoms with Gasteiger partial charge in [0.05, 0.1) is 10.6 Å². The summed E-state index contributed by atoms with van der Waals surface area (Å²) in [5, 5.41) is 11.9. The van der Waals surface area contributed by atoms with Gasteiger partial charge in [-0.2, -0.15) is 5.26 Å². The van der Waals surface area contributed by atoms with E-state index in [4.69, 9.17) is 16.9 Å². The van der Waals surface area contributed by atoms with Gasteiger partial charge in [-0.05, 0) is 48.9 Å². The Hall–Kier alpha value is -1.83. The molecule has 0 aliphatic rings. The van der Waals surface area contributed by atoms with Gasteiger partial charge >= 0.3 is 0 Å². The van der Waals surface area contributed by atoms with Gasteiger partial charge < -0.3 is 5.32 Å². The average Bonchev–Trinajstić information content (AvgIpc) is 2.37. The molecule has 1 N–H and O–H groups in total. The van der Waals surface area contributed by atoms with Crippen molar-refractivity contribution in [2.45, 2.75) is 6.92 Å². The number of nitriles is 1. The molecule has 0 spiro atoms. The molecule has 0 radical (unpaired) electrons. The number of nitrogens with one attached hydrogen (secondary N) is 1. The molecule has 2 aromatic rings. The fourth-order valence-electron chi connectivity index (χ4n) is 1.75. The van der Waals surface area contributed by atoms with E-state index in [1.165, 1.54) is 0 Å². The van der Waals surface area contributed by atoms with Gasteiger partial charge in [-0.1, -0.05) is 27.5 Å². The van der Waals surface area contributed by atoms with E-state index < -0.39 is 0 Å². The Kier molecular flexibility index (Phi) is 4.43. The molecule has 0 saturated heterocycles. The van der Waals surface area contributed by atoms with E-state index in [9.17, 15) is 4.79 Å². The quantitative estimate of drug-likeness (QED) is 0.865. The number of halogens is 2. The first kappa shape index (κ1) is 14.6. The molecule has 20 heavy (non-hydrogen) atoms. The van der Waals surface area contributed by atoms with Crippen LogP contribution in [0.5, 0.6) is 0 Å². The van der Waals surface area contributed by atoms with Crippen molar-refractivity contribution in [2.24, 2.45) is 0 Å². The molecule has 3 nitrogen and oxygen atoms in total. The van der Waals surface area contributed by atoms with Gasteiger partial charge in [0.25, 0.3) is 5.91 Å². The van der Waals surface area contributed by atoms with Crippen LogP contribution in [0.3, 0.4) is 0 Å². The Morgan fingerprint density at radius 3 is 2.65 bits per heavy atom. The number of hydrogen-bond donors (Lipinski definition) is 1. The molecule has 2 aromatic carbocycles. The summed E-state index contributed by atoms with van der Waals surface area (Å²) in [6.07, 6.45) is 0. The van der Waals surface area contributed by atoms with Crippen LogP contribution in [0, 0.1) is 18.3 Å². The van der Waals surface area contributed by atoms with E-state index in [0.29, 0.717) is 21.8 Å². The molecule has 2 rings (SSSR count). The van der Waals surface area contributed by atoms with Gasteiger partial charge in [-0.3, -0.25) is 4.79 Å². The second kappa shape index (κ2) is 6.08. The van der Waals surface area contributed by atoms with Crippen LogP contribution in [0.4, 0.5) is 5.69 Å². The van der Waals surface area contributed by atoms with E-state index in [1.54, 1.807) is 30.3 Å². The number of aryl methyl sites for hydroxylation is 1. The Labute approximate surface area is 130 Å². The molecule has 0 aromatic heterocycles. The topological polar surface area (TPSA) is 52.9 Å². The smallest absolute Gasteiger partial charge is 0.255 e. The van der Waals surface area contributed by atoms with Gasteiger partial charge in [0.1, 0.15) is 6.07 Å². The van der Waals surface area contributed by atoms with Crippen LogP contribution in [0.25, 0.3) is 0 Å². The minimum absolute atomic E-state index is 0.227. The third-order valence-electron chi connectivity index (χ3n) is 2.65. The lowest BCUT2D eigenvalue weighted by molar-refractivity contribution is 0.102. The number of anilines is 1. The van der Waals surface area contributed by atoms with E-state index in [-0.39, 0.29) is 5.91 Å². The number of carbonyl (C=O) groups is 1. The number of amides is 1. The van der Waals surface area contributed by atoms with Crippen molar-refractivity contribution in [1.82, 2.24) is 0 Å². The van der Waals surface area contributed by atoms with Crippen molar-refractivity contribution in [3.8, 4) is 6.07 Å². The largest absolute Gasteiger partial charge is 0.322 e. The Morgan fingerprint density at radius 1 is 1.30 bits per heavy atom. The van der Waals surface area contributed by atoms with E-state index in [0.717, 1.165) is 10.0 Å². The fraction of sp³-hybridized carbons (Fsp3) is 0.0667. The van der Waals surface area contributed by atoms with Crippen LogP contribution in [-0.4, -0.2) is 5.91 Å². The van der Waals surface area contributed by atoms with Crippen molar-refractivity contribution in [1.29, 1.82) is 5.26 Å². The molecular weight excluding hydrogens is 340 g/mol. The first-order valence-electron chi connectivity index (χ1n) is 5.78. The molecule has 0 fully saturated rings. The van der Waals surface area contributed by atoms with Gasteiger partial charge in [0, 0.05) is 15.7 Å². The Balaban J connectivity index is 2.23. The third-order valence-corrected chi connectivity index (χ3v) is 3.42. The highest BCUT2D eigenvalue weighted by Gasteiger charge is 2.09. The minimum atomic E-state index is -0.227. The predicted molar refractivity (Wildman–Crippen MR) is 83.0 cm³/mol. The summed E-state index contributed by atoms with van der Waals surface area (Å²) in [4.78, 5) is 12.1. The van der Waals surface area contributed by atoms with Gasteiger partial charge in [-0.25, -0.2) is 0 Å². The second-order valence-electron chi connectivity index (χ2n) is 4.28. The van der Waals surface area contributed by atoms with Crippen LogP contribution < -0.4 is 5.32 Å². The number of nitrogens with zero attached hydrogens (tertiary/aromatic N) is 1. The molecule has 100 valence electrons. The standard InChI is InChI=1S/C15H10BrClN2O/c1-9-4-11(6-12(16)5-9)15(20)19-13-3-2-10(8-18)14(17)7-13/h2-7H,1H3,(H,19,20). The number of hydrogen-bond acceptors (Lipinski definition) is 2. The van der Waals surface area contributed by atoms with Crippen LogP contribution in [0.1, 0.15) is 21.5 Å². The highest BCUT2D eigenvalue weighted by atomic mass is 79.9. The number of rotatable bonds is 2. The monoisotopic (exact) mass is 348 g/mol. The third kappa shape index (κ3) is 3.38. The van der Waals surface area contributed by atoms with Crippen LogP contribution >= 0.6 is 27.5 Å². The maximum atomic E-state index is 12.1. The minimum Gasteiger partial charge on any atom is -0.322 e. The molecule has 1 amide bonds. The fourth-order valence-corrected chi connectivity index (χ4v) is 2.58. The van der Waals surface area contributed by atoms with Crippen molar-refractivity contribution in [3.05, 3.63) is 62.6 Å². The SMILES string of the molecule is Cc1cc(Br)cc(C(=O)Nc2ccc(C#N)c(Cl)c2)c1. The molecule has 0 bridgehead atoms. The van der Waals surface area contributed by atoms with Crippen molar-refractivity contribution in [2.75, 3.05) is 5.32 Å². The van der Waals surface area contributed by atoms with Gasteiger partial charge in [0.2, 0.25) is 0 Å². The maximum Gasteiger partial charge on any atom is 0.255 e. The summed E-state index contributed by atoms with van der Waals surface area (Å²) in [7, 11) is 0. The lowest BCUT2D eigenvalue weighted by Crippen LogP contribution is -2.12. The first-order valence-corrected chi connectivity index (χ1v) is 6.95. The Morgan fingerprint density at radius 2 is 2.05 bits per heavy atom. The van der Waals surface area contributed by atoms with Crippen LogP contribution in [-0.2, 0) is 0 Å². The number of benzene rings is 2. The zero-order chi connectivity index (χ0) is 14.7. The summed E-state index contributed by atoms with van der Waals surface area (Å²) in [6.45, 7) is 1.92. The molecule has 0 heterocycles. The van der Waals surface area contributed by atoms with Crippen molar-refractivity contribution >= 4 is 39.1 Å². The first-order chi connectivity index (χ1) is 9.49. The molecule has 0 atom stereocenters. The Bertz CT molecular complexity index is 702. The highest BCUT2D eigenvalue weighted by molar-refractivity contribution is 9.10. The van der Waals surface area contributed by atoms with E-state index in [2.05, 4.69) is 21.2 Å². The molecule has 0 unspecified atom stereocenters. The zero-order valence-corrected chi connectivity index (χ0v) is 12.9. The molecule has 0 saturated carbocycles. The summed E-state index contributed by atoms with van der Waals surface area (Å²) in [6, 6.07) is 12.2. The van der Waals surface area contributed by atoms with Crippen molar-refractivity contribution in [3.63, 3.8) is 0 Å². The lowest BCUT2D eigenvalue weighted by atomic mass is 10.1. The van der Waals surface area contributed by atoms with E-state index >= 15 is 0 Å². The highest BCUT2D eigenvalue weighted by Crippen LogP contribution is 2.21. The summed E-state index contributed by atoms with van der Waals surface area (Å²) in [5.74, 6) is -0.227. The summed E-state index contributed by atoms with van der Waals surface area (Å²) >= 11 is 9.29. The lowest BCUT2D eigenvalue weighted by Gasteiger charge is -2.07. The molecule has 0 aliphatic carbocycles. The maximum absolute atomic E-state index is 12.1. The molecular formula is C15H10BrClN2O. The number of carbonyl (C=O) groups excluding carboxylic acids is 1. The predicted octanol–water partition coefficient (Wildman–Crippen LogP) is 4.53. The van der Waals surface area contributed by atoms with Gasteiger partial charge in [0.15, 0.2) is 0 Å². The van der Waals surface area contributed by atoms with Gasteiger partial charge in [-0.15, -0.1) is 0 Å². The summed E-state index contributed by atoms with van der Waals surface area (Å²) in [5.41, 5.74) is 2.47. The van der Waals surface area contributed by atoms with Crippen LogP contribution in [0.2, 0.25) is 5.02 Å². The molecule has 5 heteroatoms. The zero-order valence-electron chi connectivity index (χ0n) is 10.6. The average molecular weight is 350 g/mol. The summed E-state index contributed by atoms with van der Waals surface area (Å²) < 4.78 is 0.848. The molecule has 0 aliphatic heterocycles. The van der Waals surface area contributed by atoms with E-state index in [1.807, 2.05) is 19.1 Å². The second-order valence-corrected chi connectivity index (χ2v) is 5.60. The normalized spacial score (nSPS) is 9.90. The van der Waals surface area contributed by atoms with Crippen molar-refractivity contribution < 1.29 is 4.79 Å².